The lowest BCUT2D eigenvalue weighted by Crippen LogP contribution is -2.01. The van der Waals surface area contributed by atoms with Crippen LogP contribution in [0.5, 0.6) is 0 Å². The summed E-state index contributed by atoms with van der Waals surface area (Å²) in [6.07, 6.45) is 0.740. The number of hydrogen-bond acceptors (Lipinski definition) is 3. The molecule has 0 amide bonds. The number of aromatic nitrogens is 3. The van der Waals surface area contributed by atoms with Crippen molar-refractivity contribution in [2.75, 3.05) is 0 Å². The van der Waals surface area contributed by atoms with E-state index in [1.54, 1.807) is 31.2 Å². The predicted octanol–water partition coefficient (Wildman–Crippen LogP) is 2.04. The molecule has 0 N–H and O–H groups in total. The highest BCUT2D eigenvalue weighted by Crippen LogP contribution is 2.14. The van der Waals surface area contributed by atoms with E-state index >= 15 is 0 Å². The molecule has 0 bridgehead atoms. The van der Waals surface area contributed by atoms with Gasteiger partial charge in [-0.25, -0.2) is 4.68 Å². The molecular formula is C10H8ClN3O. The molecule has 2 aromatic rings. The molecule has 0 spiro atoms. The van der Waals surface area contributed by atoms with Crippen molar-refractivity contribution in [2.24, 2.45) is 0 Å². The average molecular weight is 222 g/mol. The van der Waals surface area contributed by atoms with Crippen LogP contribution in [0.4, 0.5) is 0 Å². The van der Waals surface area contributed by atoms with Crippen LogP contribution in [0.2, 0.25) is 5.02 Å². The third kappa shape index (κ3) is 1.76. The number of hydrogen-bond donors (Lipinski definition) is 0. The van der Waals surface area contributed by atoms with Crippen LogP contribution in [-0.4, -0.2) is 21.3 Å². The molecular weight excluding hydrogens is 214 g/mol. The van der Waals surface area contributed by atoms with E-state index < -0.39 is 0 Å². The van der Waals surface area contributed by atoms with Crippen LogP contribution in [0.1, 0.15) is 16.2 Å². The summed E-state index contributed by atoms with van der Waals surface area (Å²) in [4.78, 5) is 10.8. The quantitative estimate of drug-likeness (QED) is 0.730. The van der Waals surface area contributed by atoms with Crippen LogP contribution < -0.4 is 0 Å². The number of carbonyl (C=O) groups excluding carboxylic acids is 1. The lowest BCUT2D eigenvalue weighted by Gasteiger charge is -2.01. The summed E-state index contributed by atoms with van der Waals surface area (Å²) >= 11 is 5.76. The van der Waals surface area contributed by atoms with Gasteiger partial charge in [0.2, 0.25) is 0 Å². The van der Waals surface area contributed by atoms with Crippen LogP contribution in [0, 0.1) is 6.92 Å². The Labute approximate surface area is 91.5 Å². The molecule has 76 valence electrons. The van der Waals surface area contributed by atoms with Gasteiger partial charge in [0.1, 0.15) is 5.69 Å². The van der Waals surface area contributed by atoms with Gasteiger partial charge in [-0.3, -0.25) is 4.79 Å². The van der Waals surface area contributed by atoms with Crippen molar-refractivity contribution < 1.29 is 4.79 Å². The normalized spacial score (nSPS) is 10.3. The van der Waals surface area contributed by atoms with Crippen molar-refractivity contribution in [1.82, 2.24) is 15.0 Å². The fourth-order valence-corrected chi connectivity index (χ4v) is 1.40. The fourth-order valence-electron chi connectivity index (χ4n) is 1.27. The Morgan fingerprint density at radius 1 is 1.33 bits per heavy atom. The molecule has 1 aromatic heterocycles. The summed E-state index contributed by atoms with van der Waals surface area (Å²) in [7, 11) is 0. The zero-order chi connectivity index (χ0) is 10.8. The fraction of sp³-hybridized carbons (Fsp3) is 0.100. The second-order valence-electron chi connectivity index (χ2n) is 3.07. The van der Waals surface area contributed by atoms with Crippen molar-refractivity contribution >= 4 is 17.9 Å². The first-order valence-corrected chi connectivity index (χ1v) is 4.73. The topological polar surface area (TPSA) is 47.8 Å². The molecule has 0 saturated heterocycles. The SMILES string of the molecule is Cc1nnn(-c2ccc(Cl)cc2)c1C=O. The molecule has 1 heterocycles. The van der Waals surface area contributed by atoms with Crippen molar-refractivity contribution in [2.45, 2.75) is 6.92 Å². The highest BCUT2D eigenvalue weighted by Gasteiger charge is 2.09. The Morgan fingerprint density at radius 3 is 2.60 bits per heavy atom. The molecule has 0 radical (unpaired) electrons. The van der Waals surface area contributed by atoms with E-state index in [0.717, 1.165) is 12.0 Å². The van der Waals surface area contributed by atoms with Gasteiger partial charge in [0.25, 0.3) is 0 Å². The van der Waals surface area contributed by atoms with Gasteiger partial charge in [0.15, 0.2) is 6.29 Å². The van der Waals surface area contributed by atoms with Gasteiger partial charge in [-0.05, 0) is 31.2 Å². The zero-order valence-electron chi connectivity index (χ0n) is 8.01. The number of benzene rings is 1. The largest absolute Gasteiger partial charge is 0.296 e. The molecule has 0 aliphatic carbocycles. The summed E-state index contributed by atoms with van der Waals surface area (Å²) in [6.45, 7) is 1.74. The molecule has 0 saturated carbocycles. The number of aldehydes is 1. The Kier molecular flexibility index (Phi) is 2.51. The summed E-state index contributed by atoms with van der Waals surface area (Å²) in [6, 6.07) is 7.04. The number of rotatable bonds is 2. The van der Waals surface area contributed by atoms with Gasteiger partial charge in [-0.2, -0.15) is 0 Å². The molecule has 0 aliphatic rings. The van der Waals surface area contributed by atoms with E-state index in [1.165, 1.54) is 4.68 Å². The minimum absolute atomic E-state index is 0.456. The minimum Gasteiger partial charge on any atom is -0.296 e. The maximum atomic E-state index is 10.8. The van der Waals surface area contributed by atoms with Crippen LogP contribution in [0.3, 0.4) is 0 Å². The number of aryl methyl sites for hydroxylation is 1. The Morgan fingerprint density at radius 2 is 2.00 bits per heavy atom. The maximum absolute atomic E-state index is 10.8. The first-order chi connectivity index (χ1) is 7.22. The van der Waals surface area contributed by atoms with Crippen molar-refractivity contribution in [3.05, 3.63) is 40.7 Å². The van der Waals surface area contributed by atoms with Gasteiger partial charge in [0.05, 0.1) is 11.4 Å². The smallest absolute Gasteiger partial charge is 0.170 e. The van der Waals surface area contributed by atoms with E-state index in [1.807, 2.05) is 0 Å². The monoisotopic (exact) mass is 221 g/mol. The molecule has 0 fully saturated rings. The van der Waals surface area contributed by atoms with E-state index in [4.69, 9.17) is 11.6 Å². The number of halogens is 1. The molecule has 2 rings (SSSR count). The lowest BCUT2D eigenvalue weighted by atomic mass is 10.3. The lowest BCUT2D eigenvalue weighted by molar-refractivity contribution is 0.111. The highest BCUT2D eigenvalue weighted by atomic mass is 35.5. The molecule has 0 aliphatic heterocycles. The van der Waals surface area contributed by atoms with Crippen molar-refractivity contribution in [1.29, 1.82) is 0 Å². The summed E-state index contributed by atoms with van der Waals surface area (Å²) in [5.41, 5.74) is 1.83. The van der Waals surface area contributed by atoms with Gasteiger partial charge in [-0.1, -0.05) is 16.8 Å². The molecule has 0 atom stereocenters. The molecule has 5 heteroatoms. The van der Waals surface area contributed by atoms with Gasteiger partial charge >= 0.3 is 0 Å². The van der Waals surface area contributed by atoms with Crippen LogP contribution in [-0.2, 0) is 0 Å². The molecule has 4 nitrogen and oxygen atoms in total. The van der Waals surface area contributed by atoms with Crippen LogP contribution in [0.15, 0.2) is 24.3 Å². The van der Waals surface area contributed by atoms with Crippen molar-refractivity contribution in [3.8, 4) is 5.69 Å². The Balaban J connectivity index is 2.53. The number of nitrogens with zero attached hydrogens (tertiary/aromatic N) is 3. The van der Waals surface area contributed by atoms with Gasteiger partial charge in [0, 0.05) is 5.02 Å². The zero-order valence-corrected chi connectivity index (χ0v) is 8.77. The highest BCUT2D eigenvalue weighted by molar-refractivity contribution is 6.30. The second-order valence-corrected chi connectivity index (χ2v) is 3.50. The summed E-state index contributed by atoms with van der Waals surface area (Å²) in [5, 5.41) is 8.36. The van der Waals surface area contributed by atoms with E-state index in [2.05, 4.69) is 10.3 Å². The van der Waals surface area contributed by atoms with Gasteiger partial charge < -0.3 is 0 Å². The third-order valence-electron chi connectivity index (χ3n) is 2.07. The van der Waals surface area contributed by atoms with Crippen LogP contribution >= 0.6 is 11.6 Å². The predicted molar refractivity (Wildman–Crippen MR) is 56.5 cm³/mol. The Hall–Kier alpha value is -1.68. The van der Waals surface area contributed by atoms with E-state index in [9.17, 15) is 4.79 Å². The average Bonchev–Trinajstić information content (AvgIpc) is 2.61. The molecule has 15 heavy (non-hydrogen) atoms. The van der Waals surface area contributed by atoms with E-state index in [-0.39, 0.29) is 0 Å². The summed E-state index contributed by atoms with van der Waals surface area (Å²) < 4.78 is 1.48. The molecule has 0 unspecified atom stereocenters. The maximum Gasteiger partial charge on any atom is 0.170 e. The first kappa shape index (κ1) is 9.86. The Bertz CT molecular complexity index is 490. The standard InChI is InChI=1S/C10H8ClN3O/c1-7-10(6-15)14(13-12-7)9-4-2-8(11)3-5-9/h2-6H,1H3. The second kappa shape index (κ2) is 3.82. The van der Waals surface area contributed by atoms with Crippen LogP contribution in [0.25, 0.3) is 5.69 Å². The number of carbonyl (C=O) groups is 1. The van der Waals surface area contributed by atoms with Crippen molar-refractivity contribution in [3.63, 3.8) is 0 Å². The molecule has 1 aromatic carbocycles. The minimum atomic E-state index is 0.456. The summed E-state index contributed by atoms with van der Waals surface area (Å²) in [5.74, 6) is 0. The first-order valence-electron chi connectivity index (χ1n) is 4.36. The van der Waals surface area contributed by atoms with E-state index in [0.29, 0.717) is 16.4 Å². The third-order valence-corrected chi connectivity index (χ3v) is 2.32. The van der Waals surface area contributed by atoms with Gasteiger partial charge in [-0.15, -0.1) is 5.10 Å².